The summed E-state index contributed by atoms with van der Waals surface area (Å²) in [5.74, 6) is -0.452. The van der Waals surface area contributed by atoms with Crippen LogP contribution in [0.1, 0.15) is 0 Å². The van der Waals surface area contributed by atoms with Gasteiger partial charge in [0.05, 0.1) is 6.20 Å². The minimum atomic E-state index is -3.85. The van der Waals surface area contributed by atoms with Crippen molar-refractivity contribution < 1.29 is 12.8 Å². The third-order valence-corrected chi connectivity index (χ3v) is 4.04. The summed E-state index contributed by atoms with van der Waals surface area (Å²) >= 11 is 0. The van der Waals surface area contributed by atoms with Crippen molar-refractivity contribution in [2.45, 2.75) is 4.90 Å². The lowest BCUT2D eigenvalue weighted by molar-refractivity contribution is 0.586. The summed E-state index contributed by atoms with van der Waals surface area (Å²) in [6.45, 7) is 0. The molecule has 0 saturated heterocycles. The normalized spacial score (nSPS) is 11.2. The van der Waals surface area contributed by atoms with Crippen molar-refractivity contribution in [1.82, 2.24) is 9.97 Å². The second-order valence-electron chi connectivity index (χ2n) is 3.50. The molecule has 0 saturated carbocycles. The molecule has 0 aliphatic heterocycles. The fraction of sp³-hybridized carbons (Fsp3) is 0.0909. The average Bonchev–Trinajstić information content (AvgIpc) is 2.39. The number of aromatic nitrogens is 2. The van der Waals surface area contributed by atoms with E-state index in [1.54, 1.807) is 18.2 Å². The van der Waals surface area contributed by atoms with Crippen LogP contribution in [-0.4, -0.2) is 25.4 Å². The molecule has 2 heterocycles. The highest BCUT2D eigenvalue weighted by Crippen LogP contribution is 2.19. The van der Waals surface area contributed by atoms with Crippen LogP contribution in [0.5, 0.6) is 0 Å². The molecular weight excluding hydrogens is 257 g/mol. The second kappa shape index (κ2) is 4.69. The first-order valence-electron chi connectivity index (χ1n) is 5.02. The summed E-state index contributed by atoms with van der Waals surface area (Å²) in [4.78, 5) is 7.24. The number of halogens is 1. The van der Waals surface area contributed by atoms with Crippen LogP contribution < -0.4 is 4.31 Å². The number of anilines is 1. The fourth-order valence-corrected chi connectivity index (χ4v) is 2.48. The van der Waals surface area contributed by atoms with Gasteiger partial charge in [0.25, 0.3) is 10.0 Å². The molecule has 0 aliphatic carbocycles. The molecule has 0 bridgehead atoms. The maximum Gasteiger partial charge on any atom is 0.266 e. The topological polar surface area (TPSA) is 63.2 Å². The molecular formula is C11H10FN3O2S. The molecule has 2 rings (SSSR count). The van der Waals surface area contributed by atoms with Crippen molar-refractivity contribution in [3.63, 3.8) is 0 Å². The molecule has 0 aliphatic rings. The maximum absolute atomic E-state index is 13.0. The van der Waals surface area contributed by atoms with E-state index in [2.05, 4.69) is 9.97 Å². The lowest BCUT2D eigenvalue weighted by atomic mass is 10.5. The number of hydrogen-bond donors (Lipinski definition) is 0. The number of rotatable bonds is 3. The quantitative estimate of drug-likeness (QED) is 0.844. The highest BCUT2D eigenvalue weighted by Gasteiger charge is 2.22. The van der Waals surface area contributed by atoms with Crippen molar-refractivity contribution in [2.24, 2.45) is 0 Å². The Hall–Kier alpha value is -2.02. The predicted octanol–water partition coefficient (Wildman–Crippen LogP) is 1.44. The maximum atomic E-state index is 13.0. The first-order valence-corrected chi connectivity index (χ1v) is 6.46. The van der Waals surface area contributed by atoms with Crippen molar-refractivity contribution in [3.05, 3.63) is 48.7 Å². The molecule has 2 aromatic rings. The Kier molecular flexibility index (Phi) is 3.24. The first kappa shape index (κ1) is 12.4. The zero-order valence-electron chi connectivity index (χ0n) is 9.49. The Morgan fingerprint density at radius 1 is 1.28 bits per heavy atom. The van der Waals surface area contributed by atoms with E-state index >= 15 is 0 Å². The standard InChI is InChI=1S/C11H10FN3O2S/c1-15(11-4-2-3-5-14-11)18(16,17)10-6-9(12)7-13-8-10/h2-8H,1H3. The molecule has 0 N–H and O–H groups in total. The Morgan fingerprint density at radius 3 is 2.67 bits per heavy atom. The molecule has 0 aromatic carbocycles. The minimum absolute atomic E-state index is 0.212. The molecule has 0 radical (unpaired) electrons. The third-order valence-electron chi connectivity index (χ3n) is 2.31. The van der Waals surface area contributed by atoms with Crippen molar-refractivity contribution >= 4 is 15.8 Å². The predicted molar refractivity (Wildman–Crippen MR) is 64.0 cm³/mol. The summed E-state index contributed by atoms with van der Waals surface area (Å²) in [5.41, 5.74) is 0. The monoisotopic (exact) mass is 267 g/mol. The average molecular weight is 267 g/mol. The molecule has 5 nitrogen and oxygen atoms in total. The summed E-state index contributed by atoms with van der Waals surface area (Å²) < 4.78 is 38.3. The van der Waals surface area contributed by atoms with Gasteiger partial charge in [0.1, 0.15) is 16.5 Å². The van der Waals surface area contributed by atoms with Gasteiger partial charge in [-0.25, -0.2) is 17.8 Å². The van der Waals surface area contributed by atoms with E-state index in [1.807, 2.05) is 0 Å². The lowest BCUT2D eigenvalue weighted by Gasteiger charge is -2.17. The molecule has 0 spiro atoms. The molecule has 94 valence electrons. The van der Waals surface area contributed by atoms with E-state index in [0.29, 0.717) is 0 Å². The largest absolute Gasteiger partial charge is 0.266 e. The van der Waals surface area contributed by atoms with Gasteiger partial charge >= 0.3 is 0 Å². The van der Waals surface area contributed by atoms with E-state index < -0.39 is 15.8 Å². The molecule has 0 fully saturated rings. The van der Waals surface area contributed by atoms with Gasteiger partial charge in [0, 0.05) is 19.4 Å². The van der Waals surface area contributed by atoms with Crippen LogP contribution in [0.4, 0.5) is 10.2 Å². The lowest BCUT2D eigenvalue weighted by Crippen LogP contribution is -2.27. The number of sulfonamides is 1. The summed E-state index contributed by atoms with van der Waals surface area (Å²) in [5, 5.41) is 0. The Labute approximate surface area is 104 Å². The number of pyridine rings is 2. The van der Waals surface area contributed by atoms with E-state index in [-0.39, 0.29) is 10.7 Å². The Morgan fingerprint density at radius 2 is 2.06 bits per heavy atom. The van der Waals surface area contributed by atoms with E-state index in [0.717, 1.165) is 22.8 Å². The van der Waals surface area contributed by atoms with Crippen molar-refractivity contribution in [3.8, 4) is 0 Å². The number of nitrogens with zero attached hydrogens (tertiary/aromatic N) is 3. The highest BCUT2D eigenvalue weighted by atomic mass is 32.2. The summed E-state index contributed by atoms with van der Waals surface area (Å²) in [6.07, 6.45) is 3.52. The molecule has 0 amide bonds. The minimum Gasteiger partial charge on any atom is -0.260 e. The van der Waals surface area contributed by atoms with Gasteiger partial charge in [-0.05, 0) is 18.2 Å². The van der Waals surface area contributed by atoms with Crippen LogP contribution in [0.15, 0.2) is 47.8 Å². The van der Waals surface area contributed by atoms with Crippen molar-refractivity contribution in [1.29, 1.82) is 0 Å². The Balaban J connectivity index is 2.44. The highest BCUT2D eigenvalue weighted by molar-refractivity contribution is 7.92. The zero-order chi connectivity index (χ0) is 13.2. The SMILES string of the molecule is CN(c1ccccn1)S(=O)(=O)c1cncc(F)c1. The smallest absolute Gasteiger partial charge is 0.260 e. The fourth-order valence-electron chi connectivity index (χ4n) is 1.35. The molecule has 2 aromatic heterocycles. The van der Waals surface area contributed by atoms with Gasteiger partial charge in [-0.15, -0.1) is 0 Å². The van der Waals surface area contributed by atoms with E-state index in [4.69, 9.17) is 0 Å². The van der Waals surface area contributed by atoms with Crippen LogP contribution in [0.2, 0.25) is 0 Å². The van der Waals surface area contributed by atoms with Gasteiger partial charge in [-0.1, -0.05) is 6.07 Å². The van der Waals surface area contributed by atoms with Gasteiger partial charge in [-0.3, -0.25) is 9.29 Å². The number of hydrogen-bond acceptors (Lipinski definition) is 4. The van der Waals surface area contributed by atoms with Gasteiger partial charge in [0.2, 0.25) is 0 Å². The van der Waals surface area contributed by atoms with Crippen LogP contribution in [-0.2, 0) is 10.0 Å². The van der Waals surface area contributed by atoms with Crippen molar-refractivity contribution in [2.75, 3.05) is 11.4 Å². The van der Waals surface area contributed by atoms with Gasteiger partial charge < -0.3 is 0 Å². The van der Waals surface area contributed by atoms with Gasteiger partial charge in [0.15, 0.2) is 0 Å². The van der Waals surface area contributed by atoms with E-state index in [9.17, 15) is 12.8 Å². The van der Waals surface area contributed by atoms with E-state index in [1.165, 1.54) is 13.2 Å². The van der Waals surface area contributed by atoms with Crippen LogP contribution >= 0.6 is 0 Å². The summed E-state index contributed by atoms with van der Waals surface area (Å²) in [6, 6.07) is 5.80. The Bertz CT molecular complexity index is 646. The molecule has 18 heavy (non-hydrogen) atoms. The van der Waals surface area contributed by atoms with Crippen LogP contribution in [0.25, 0.3) is 0 Å². The molecule has 0 atom stereocenters. The zero-order valence-corrected chi connectivity index (χ0v) is 10.3. The summed E-state index contributed by atoms with van der Waals surface area (Å²) in [7, 11) is -2.50. The van der Waals surface area contributed by atoms with Gasteiger partial charge in [-0.2, -0.15) is 0 Å². The van der Waals surface area contributed by atoms with Crippen LogP contribution in [0.3, 0.4) is 0 Å². The van der Waals surface area contributed by atoms with Crippen LogP contribution in [0, 0.1) is 5.82 Å². The first-order chi connectivity index (χ1) is 8.51. The third kappa shape index (κ3) is 2.30. The molecule has 7 heteroatoms. The molecule has 0 unspecified atom stereocenters. The second-order valence-corrected chi connectivity index (χ2v) is 5.47.